The van der Waals surface area contributed by atoms with E-state index in [9.17, 15) is 0 Å². The quantitative estimate of drug-likeness (QED) is 0.339. The molecule has 0 aromatic heterocycles. The van der Waals surface area contributed by atoms with Gasteiger partial charge in [0.1, 0.15) is 0 Å². The summed E-state index contributed by atoms with van der Waals surface area (Å²) in [5.74, 6) is 1.02. The van der Waals surface area contributed by atoms with Crippen LogP contribution in [0.4, 0.5) is 0 Å². The number of piperazine rings is 1. The Balaban J connectivity index is 1.45. The molecule has 0 atom stereocenters. The van der Waals surface area contributed by atoms with Gasteiger partial charge in [-0.25, -0.2) is 4.99 Å². The average Bonchev–Trinajstić information content (AvgIpc) is 2.82. The topological polar surface area (TPSA) is 52.6 Å². The predicted octanol–water partition coefficient (Wildman–Crippen LogP) is 2.42. The van der Waals surface area contributed by atoms with Crippen LogP contribution in [0.3, 0.4) is 0 Å². The minimum absolute atomic E-state index is 0.360. The Hall–Kier alpha value is -1.67. The molecule has 180 valence electrons. The number of rotatable bonds is 10. The molecule has 0 amide bonds. The van der Waals surface area contributed by atoms with Crippen molar-refractivity contribution in [1.29, 1.82) is 0 Å². The van der Waals surface area contributed by atoms with Crippen LogP contribution in [0.5, 0.6) is 0 Å². The van der Waals surface area contributed by atoms with Crippen molar-refractivity contribution in [2.45, 2.75) is 45.4 Å². The lowest BCUT2D eigenvalue weighted by atomic mass is 10.1. The van der Waals surface area contributed by atoms with E-state index in [-0.39, 0.29) is 0 Å². The first-order valence-electron chi connectivity index (χ1n) is 12.3. The summed E-state index contributed by atoms with van der Waals surface area (Å²) in [6, 6.07) is 9.00. The van der Waals surface area contributed by atoms with Gasteiger partial charge in [-0.1, -0.05) is 24.3 Å². The molecular formula is C25H43N5O2. The van der Waals surface area contributed by atoms with Crippen molar-refractivity contribution in [3.8, 4) is 0 Å². The van der Waals surface area contributed by atoms with Crippen molar-refractivity contribution in [2.24, 2.45) is 4.99 Å². The molecule has 32 heavy (non-hydrogen) atoms. The second-order valence-electron chi connectivity index (χ2n) is 8.97. The third kappa shape index (κ3) is 8.35. The molecule has 7 nitrogen and oxygen atoms in total. The highest BCUT2D eigenvalue weighted by Crippen LogP contribution is 2.15. The van der Waals surface area contributed by atoms with Crippen molar-refractivity contribution in [1.82, 2.24) is 20.0 Å². The number of likely N-dealkylation sites (N-methyl/N-ethyl adjacent to an activating group) is 1. The molecule has 0 unspecified atom stereocenters. The molecular weight excluding hydrogens is 402 g/mol. The van der Waals surface area contributed by atoms with Crippen LogP contribution < -0.4 is 5.32 Å². The Morgan fingerprint density at radius 1 is 1.00 bits per heavy atom. The first-order chi connectivity index (χ1) is 15.7. The summed E-state index contributed by atoms with van der Waals surface area (Å²) in [4.78, 5) is 12.2. The van der Waals surface area contributed by atoms with Gasteiger partial charge in [0.2, 0.25) is 0 Å². The smallest absolute Gasteiger partial charge is 0.194 e. The highest BCUT2D eigenvalue weighted by molar-refractivity contribution is 5.80. The second-order valence-corrected chi connectivity index (χ2v) is 8.97. The van der Waals surface area contributed by atoms with E-state index in [1.165, 1.54) is 11.1 Å². The van der Waals surface area contributed by atoms with Crippen LogP contribution in [0.15, 0.2) is 29.3 Å². The summed E-state index contributed by atoms with van der Waals surface area (Å²) in [6.45, 7) is 13.0. The van der Waals surface area contributed by atoms with Gasteiger partial charge in [-0.3, -0.25) is 4.90 Å². The number of hydrogen-bond donors (Lipinski definition) is 1. The molecule has 1 aromatic carbocycles. The first kappa shape index (κ1) is 25.0. The number of nitrogens with zero attached hydrogens (tertiary/aromatic N) is 4. The third-order valence-corrected chi connectivity index (χ3v) is 6.36. The van der Waals surface area contributed by atoms with Crippen LogP contribution in [0.25, 0.3) is 0 Å². The Labute approximate surface area is 194 Å². The van der Waals surface area contributed by atoms with Gasteiger partial charge in [-0.05, 0) is 44.4 Å². The van der Waals surface area contributed by atoms with Crippen LogP contribution in [0, 0.1) is 0 Å². The van der Waals surface area contributed by atoms with Gasteiger partial charge in [-0.2, -0.15) is 0 Å². The number of benzene rings is 1. The molecule has 0 bridgehead atoms. The summed E-state index contributed by atoms with van der Waals surface area (Å²) in [7, 11) is 3.94. The Kier molecular flexibility index (Phi) is 10.8. The summed E-state index contributed by atoms with van der Waals surface area (Å²) < 4.78 is 11.1. The summed E-state index contributed by atoms with van der Waals surface area (Å²) in [6.07, 6.45) is 3.44. The monoisotopic (exact) mass is 445 g/mol. The molecule has 0 saturated carbocycles. The molecule has 2 saturated heterocycles. The van der Waals surface area contributed by atoms with Crippen molar-refractivity contribution in [3.05, 3.63) is 35.4 Å². The summed E-state index contributed by atoms with van der Waals surface area (Å²) in [5, 5.41) is 3.47. The molecule has 2 fully saturated rings. The molecule has 3 rings (SSSR count). The molecule has 0 aliphatic carbocycles. The van der Waals surface area contributed by atoms with E-state index >= 15 is 0 Å². The van der Waals surface area contributed by atoms with E-state index in [0.717, 1.165) is 90.8 Å². The SMILES string of the molecule is CCNC(=NCc1ccc(CN2CCN(C)CC2)cc1)N1CCC(OCCCOC)CC1. The fourth-order valence-electron chi connectivity index (χ4n) is 4.29. The molecule has 2 aliphatic rings. The fourth-order valence-corrected chi connectivity index (χ4v) is 4.29. The van der Waals surface area contributed by atoms with E-state index < -0.39 is 0 Å². The van der Waals surface area contributed by atoms with Crippen LogP contribution in [0.2, 0.25) is 0 Å². The number of aliphatic imine (C=N–C) groups is 1. The molecule has 1 N–H and O–H groups in total. The minimum atomic E-state index is 0.360. The number of likely N-dealkylation sites (tertiary alicyclic amines) is 1. The van der Waals surface area contributed by atoms with Crippen molar-refractivity contribution < 1.29 is 9.47 Å². The normalized spacial score (nSPS) is 19.5. The van der Waals surface area contributed by atoms with E-state index in [0.29, 0.717) is 12.6 Å². The third-order valence-electron chi connectivity index (χ3n) is 6.36. The van der Waals surface area contributed by atoms with Gasteiger partial charge in [0.05, 0.1) is 12.6 Å². The Bertz CT molecular complexity index is 665. The van der Waals surface area contributed by atoms with Gasteiger partial charge in [0.25, 0.3) is 0 Å². The largest absolute Gasteiger partial charge is 0.385 e. The van der Waals surface area contributed by atoms with Crippen LogP contribution in [0.1, 0.15) is 37.3 Å². The highest BCUT2D eigenvalue weighted by Gasteiger charge is 2.21. The van der Waals surface area contributed by atoms with Crippen LogP contribution in [-0.2, 0) is 22.6 Å². The Morgan fingerprint density at radius 2 is 1.69 bits per heavy atom. The zero-order valence-corrected chi connectivity index (χ0v) is 20.4. The minimum Gasteiger partial charge on any atom is -0.385 e. The Morgan fingerprint density at radius 3 is 2.34 bits per heavy atom. The number of nitrogens with one attached hydrogen (secondary N) is 1. The molecule has 0 radical (unpaired) electrons. The molecule has 2 heterocycles. The number of methoxy groups -OCH3 is 1. The molecule has 2 aliphatic heterocycles. The average molecular weight is 446 g/mol. The number of hydrogen-bond acceptors (Lipinski definition) is 5. The van der Waals surface area contributed by atoms with Gasteiger partial charge < -0.3 is 24.6 Å². The maximum Gasteiger partial charge on any atom is 0.194 e. The zero-order chi connectivity index (χ0) is 22.6. The van der Waals surface area contributed by atoms with Crippen molar-refractivity contribution in [2.75, 3.05) is 73.2 Å². The van der Waals surface area contributed by atoms with Gasteiger partial charge in [0, 0.05) is 72.7 Å². The second kappa shape index (κ2) is 13.8. The maximum atomic E-state index is 6.00. The number of piperidine rings is 1. The van der Waals surface area contributed by atoms with E-state index in [1.54, 1.807) is 7.11 Å². The maximum absolute atomic E-state index is 6.00. The van der Waals surface area contributed by atoms with Gasteiger partial charge in [-0.15, -0.1) is 0 Å². The van der Waals surface area contributed by atoms with Crippen LogP contribution >= 0.6 is 0 Å². The molecule has 1 aromatic rings. The summed E-state index contributed by atoms with van der Waals surface area (Å²) >= 11 is 0. The van der Waals surface area contributed by atoms with Crippen molar-refractivity contribution in [3.63, 3.8) is 0 Å². The molecule has 0 spiro atoms. The number of ether oxygens (including phenoxy) is 2. The molecule has 7 heteroatoms. The lowest BCUT2D eigenvalue weighted by Crippen LogP contribution is -2.47. The first-order valence-corrected chi connectivity index (χ1v) is 12.3. The van der Waals surface area contributed by atoms with Crippen LogP contribution in [-0.4, -0.2) is 99.9 Å². The standard InChI is InChI=1S/C25H43N5O2/c1-4-26-25(30-12-10-24(11-13-30)32-19-5-18-31-3)27-20-22-6-8-23(9-7-22)21-29-16-14-28(2)15-17-29/h6-9,24H,4-5,10-21H2,1-3H3,(H,26,27). The lowest BCUT2D eigenvalue weighted by molar-refractivity contribution is 0.00990. The summed E-state index contributed by atoms with van der Waals surface area (Å²) in [5.41, 5.74) is 2.65. The van der Waals surface area contributed by atoms with E-state index in [1.807, 2.05) is 0 Å². The fraction of sp³-hybridized carbons (Fsp3) is 0.720. The zero-order valence-electron chi connectivity index (χ0n) is 20.4. The van der Waals surface area contributed by atoms with Gasteiger partial charge >= 0.3 is 0 Å². The number of guanidine groups is 1. The highest BCUT2D eigenvalue weighted by atomic mass is 16.5. The predicted molar refractivity (Wildman–Crippen MR) is 131 cm³/mol. The van der Waals surface area contributed by atoms with Crippen molar-refractivity contribution >= 4 is 5.96 Å². The van der Waals surface area contributed by atoms with E-state index in [2.05, 4.69) is 58.3 Å². The van der Waals surface area contributed by atoms with E-state index in [4.69, 9.17) is 14.5 Å². The lowest BCUT2D eigenvalue weighted by Gasteiger charge is -2.34. The van der Waals surface area contributed by atoms with Gasteiger partial charge in [0.15, 0.2) is 5.96 Å².